The molecule has 0 unspecified atom stereocenters. The Kier molecular flexibility index (Phi) is 5.47. The fourth-order valence-electron chi connectivity index (χ4n) is 1.87. The monoisotopic (exact) mass is 427 g/mol. The van der Waals surface area contributed by atoms with E-state index in [0.717, 1.165) is 10.0 Å². The second kappa shape index (κ2) is 7.15. The van der Waals surface area contributed by atoms with E-state index in [1.807, 2.05) is 13.8 Å². The summed E-state index contributed by atoms with van der Waals surface area (Å²) >= 11 is 6.81. The van der Waals surface area contributed by atoms with Crippen LogP contribution in [0.2, 0.25) is 0 Å². The van der Waals surface area contributed by atoms with Crippen molar-refractivity contribution >= 4 is 43.8 Å². The molecule has 0 fully saturated rings. The molecule has 0 radical (unpaired) electrons. The smallest absolute Gasteiger partial charge is 0.167 e. The van der Waals surface area contributed by atoms with Gasteiger partial charge in [-0.3, -0.25) is 4.99 Å². The minimum absolute atomic E-state index is 0.00665. The van der Waals surface area contributed by atoms with Gasteiger partial charge >= 0.3 is 0 Å². The molecule has 4 nitrogen and oxygen atoms in total. The van der Waals surface area contributed by atoms with Crippen LogP contribution in [0.25, 0.3) is 0 Å². The second-order valence-corrected chi connectivity index (χ2v) is 6.26. The van der Waals surface area contributed by atoms with Gasteiger partial charge < -0.3 is 14.9 Å². The Morgan fingerprint density at radius 1 is 1.23 bits per heavy atom. The third kappa shape index (κ3) is 3.62. The predicted octanol–water partition coefficient (Wildman–Crippen LogP) is 5.08. The van der Waals surface area contributed by atoms with Crippen LogP contribution in [0.1, 0.15) is 18.1 Å². The summed E-state index contributed by atoms with van der Waals surface area (Å²) in [5.74, 6) is 0.442. The van der Waals surface area contributed by atoms with Gasteiger partial charge in [-0.05, 0) is 69.5 Å². The SMILES string of the molecule is CCOc1cc(Br)c(Br)c(C=Nc2cc(C)ccc2O)c1O. The minimum Gasteiger partial charge on any atom is -0.506 e. The Morgan fingerprint density at radius 3 is 2.64 bits per heavy atom. The Hall–Kier alpha value is -1.53. The number of phenols is 2. The first-order valence-corrected chi connectivity index (χ1v) is 8.20. The van der Waals surface area contributed by atoms with Crippen LogP contribution in [0.5, 0.6) is 17.2 Å². The van der Waals surface area contributed by atoms with Gasteiger partial charge in [0.05, 0.1) is 12.2 Å². The first-order valence-electron chi connectivity index (χ1n) is 6.61. The van der Waals surface area contributed by atoms with Crippen LogP contribution in [0, 0.1) is 6.92 Å². The van der Waals surface area contributed by atoms with Crippen LogP contribution in [0.15, 0.2) is 38.2 Å². The molecule has 22 heavy (non-hydrogen) atoms. The molecule has 2 aromatic carbocycles. The number of nitrogens with zero attached hydrogens (tertiary/aromatic N) is 1. The summed E-state index contributed by atoms with van der Waals surface area (Å²) in [4.78, 5) is 4.26. The first-order chi connectivity index (χ1) is 10.4. The number of benzene rings is 2. The molecule has 0 saturated carbocycles. The lowest BCUT2D eigenvalue weighted by Crippen LogP contribution is -1.95. The van der Waals surface area contributed by atoms with E-state index < -0.39 is 0 Å². The average Bonchev–Trinajstić information content (AvgIpc) is 2.48. The number of hydrogen-bond donors (Lipinski definition) is 2. The van der Waals surface area contributed by atoms with E-state index in [1.165, 1.54) is 6.21 Å². The summed E-state index contributed by atoms with van der Waals surface area (Å²) in [5.41, 5.74) is 1.89. The lowest BCUT2D eigenvalue weighted by atomic mass is 10.2. The quantitative estimate of drug-likeness (QED) is 0.667. The van der Waals surface area contributed by atoms with Crippen LogP contribution in [0.3, 0.4) is 0 Å². The van der Waals surface area contributed by atoms with Crippen LogP contribution >= 0.6 is 31.9 Å². The topological polar surface area (TPSA) is 62.0 Å². The Bertz CT molecular complexity index is 730. The minimum atomic E-state index is -0.00665. The van der Waals surface area contributed by atoms with E-state index in [1.54, 1.807) is 24.3 Å². The van der Waals surface area contributed by atoms with Crippen molar-refractivity contribution in [2.75, 3.05) is 6.61 Å². The van der Waals surface area contributed by atoms with E-state index >= 15 is 0 Å². The van der Waals surface area contributed by atoms with Crippen LogP contribution in [0.4, 0.5) is 5.69 Å². The zero-order valence-corrected chi connectivity index (χ0v) is 15.3. The fraction of sp³-hybridized carbons (Fsp3) is 0.188. The van der Waals surface area contributed by atoms with Crippen molar-refractivity contribution in [2.24, 2.45) is 4.99 Å². The zero-order chi connectivity index (χ0) is 16.3. The molecule has 0 aliphatic carbocycles. The second-order valence-electron chi connectivity index (χ2n) is 4.62. The van der Waals surface area contributed by atoms with Gasteiger partial charge in [-0.2, -0.15) is 0 Å². The maximum Gasteiger partial charge on any atom is 0.167 e. The number of halogens is 2. The molecule has 0 aromatic heterocycles. The average molecular weight is 429 g/mol. The van der Waals surface area contributed by atoms with Crippen molar-refractivity contribution in [3.63, 3.8) is 0 Å². The molecule has 0 saturated heterocycles. The van der Waals surface area contributed by atoms with Crippen molar-refractivity contribution < 1.29 is 14.9 Å². The van der Waals surface area contributed by atoms with Gasteiger partial charge in [0.25, 0.3) is 0 Å². The molecular weight excluding hydrogens is 414 g/mol. The molecule has 0 bridgehead atoms. The van der Waals surface area contributed by atoms with E-state index in [9.17, 15) is 10.2 Å². The largest absolute Gasteiger partial charge is 0.506 e. The van der Waals surface area contributed by atoms with Crippen molar-refractivity contribution in [1.82, 2.24) is 0 Å². The summed E-state index contributed by atoms with van der Waals surface area (Å²) in [6.07, 6.45) is 1.49. The summed E-state index contributed by atoms with van der Waals surface area (Å²) in [7, 11) is 0. The van der Waals surface area contributed by atoms with Gasteiger partial charge in [-0.25, -0.2) is 0 Å². The molecule has 0 atom stereocenters. The number of ether oxygens (including phenoxy) is 1. The summed E-state index contributed by atoms with van der Waals surface area (Å²) in [6.45, 7) is 4.20. The molecule has 0 aliphatic rings. The number of aromatic hydroxyl groups is 2. The Labute approximate surface area is 145 Å². The number of phenolic OH excluding ortho intramolecular Hbond substituents is 2. The van der Waals surface area contributed by atoms with Crippen LogP contribution < -0.4 is 4.74 Å². The standard InChI is InChI=1S/C16H15Br2NO3/c1-3-22-14-7-11(17)15(18)10(16(14)21)8-19-12-6-9(2)4-5-13(12)20/h4-8,20-21H,3H2,1-2H3. The molecule has 6 heteroatoms. The van der Waals surface area contributed by atoms with E-state index in [0.29, 0.717) is 28.1 Å². The van der Waals surface area contributed by atoms with Crippen LogP contribution in [-0.4, -0.2) is 23.0 Å². The van der Waals surface area contributed by atoms with Crippen molar-refractivity contribution in [3.8, 4) is 17.2 Å². The molecule has 0 amide bonds. The van der Waals surface area contributed by atoms with Gasteiger partial charge in [0.2, 0.25) is 0 Å². The van der Waals surface area contributed by atoms with E-state index in [2.05, 4.69) is 36.9 Å². The molecule has 2 aromatic rings. The van der Waals surface area contributed by atoms with Crippen molar-refractivity contribution in [2.45, 2.75) is 13.8 Å². The van der Waals surface area contributed by atoms with E-state index in [4.69, 9.17) is 4.74 Å². The number of hydrogen-bond acceptors (Lipinski definition) is 4. The van der Waals surface area contributed by atoms with Gasteiger partial charge in [-0.15, -0.1) is 0 Å². The molecule has 116 valence electrons. The van der Waals surface area contributed by atoms with Gasteiger partial charge in [0.1, 0.15) is 11.4 Å². The Morgan fingerprint density at radius 2 is 1.95 bits per heavy atom. The lowest BCUT2D eigenvalue weighted by molar-refractivity contribution is 0.317. The normalized spacial score (nSPS) is 11.1. The third-order valence-corrected chi connectivity index (χ3v) is 4.97. The highest BCUT2D eigenvalue weighted by Crippen LogP contribution is 2.40. The van der Waals surface area contributed by atoms with Gasteiger partial charge in [-0.1, -0.05) is 6.07 Å². The maximum atomic E-state index is 10.3. The van der Waals surface area contributed by atoms with Crippen LogP contribution in [-0.2, 0) is 0 Å². The summed E-state index contributed by atoms with van der Waals surface area (Å²) < 4.78 is 6.79. The molecule has 0 aliphatic heterocycles. The van der Waals surface area contributed by atoms with Gasteiger partial charge in [0.15, 0.2) is 11.5 Å². The highest BCUT2D eigenvalue weighted by atomic mass is 79.9. The van der Waals surface area contributed by atoms with Crippen molar-refractivity contribution in [1.29, 1.82) is 0 Å². The highest BCUT2D eigenvalue weighted by Gasteiger charge is 2.14. The first kappa shape index (κ1) is 16.8. The number of rotatable bonds is 4. The predicted molar refractivity (Wildman–Crippen MR) is 94.8 cm³/mol. The number of aliphatic imine (C=N–C) groups is 1. The molecule has 0 heterocycles. The van der Waals surface area contributed by atoms with E-state index in [-0.39, 0.29) is 11.5 Å². The Balaban J connectivity index is 2.48. The molecule has 2 N–H and O–H groups in total. The highest BCUT2D eigenvalue weighted by molar-refractivity contribution is 9.13. The molecule has 0 spiro atoms. The molecule has 2 rings (SSSR count). The van der Waals surface area contributed by atoms with Gasteiger partial charge in [0, 0.05) is 15.2 Å². The fourth-order valence-corrected chi connectivity index (χ4v) is 2.69. The number of aryl methyl sites for hydroxylation is 1. The molecular formula is C16H15Br2NO3. The lowest BCUT2D eigenvalue weighted by Gasteiger charge is -2.11. The zero-order valence-electron chi connectivity index (χ0n) is 12.1. The summed E-state index contributed by atoms with van der Waals surface area (Å²) in [5, 5.41) is 20.1. The summed E-state index contributed by atoms with van der Waals surface area (Å²) in [6, 6.07) is 6.83. The van der Waals surface area contributed by atoms with Crippen molar-refractivity contribution in [3.05, 3.63) is 44.3 Å². The maximum absolute atomic E-state index is 10.3. The third-order valence-electron chi connectivity index (χ3n) is 2.96.